The standard InChI is InChI=1S/C13H12FN5O5S2/c1-24-18-6(5-8(14)26-13(15)17-5)9(20)16-7-10(21)19-4(12(22)23)2-3-25-11(7)19/h2,7,11H,3H2,1H3,(H2,15,17)(H,16,20)(H,22,23)/t7-,11+/m1/s1. The highest BCUT2D eigenvalue weighted by Crippen LogP contribution is 2.37. The van der Waals surface area contributed by atoms with E-state index in [2.05, 4.69) is 20.3 Å². The molecule has 26 heavy (non-hydrogen) atoms. The fourth-order valence-electron chi connectivity index (χ4n) is 2.49. The fraction of sp³-hybridized carbons (Fsp3) is 0.308. The summed E-state index contributed by atoms with van der Waals surface area (Å²) in [5.41, 5.74) is 4.42. The summed E-state index contributed by atoms with van der Waals surface area (Å²) in [4.78, 5) is 45.2. The molecule has 2 aliphatic rings. The number of carboxylic acids is 1. The van der Waals surface area contributed by atoms with E-state index in [0.29, 0.717) is 17.1 Å². The molecule has 0 aromatic carbocycles. The minimum atomic E-state index is -1.23. The minimum absolute atomic E-state index is 0.0981. The molecule has 0 spiro atoms. The Hall–Kier alpha value is -2.67. The highest BCUT2D eigenvalue weighted by atomic mass is 32.2. The number of carbonyl (C=O) groups is 3. The molecule has 138 valence electrons. The van der Waals surface area contributed by atoms with Crippen LogP contribution in [0.1, 0.15) is 5.69 Å². The smallest absolute Gasteiger partial charge is 0.352 e. The van der Waals surface area contributed by atoms with Crippen molar-refractivity contribution in [2.75, 3.05) is 18.6 Å². The average molecular weight is 401 g/mol. The Morgan fingerprint density at radius 3 is 2.88 bits per heavy atom. The van der Waals surface area contributed by atoms with Gasteiger partial charge in [0.2, 0.25) is 5.13 Å². The summed E-state index contributed by atoms with van der Waals surface area (Å²) >= 11 is 1.82. The van der Waals surface area contributed by atoms with E-state index in [0.717, 1.165) is 12.0 Å². The van der Waals surface area contributed by atoms with E-state index in [9.17, 15) is 18.8 Å². The van der Waals surface area contributed by atoms with Crippen molar-refractivity contribution >= 4 is 51.7 Å². The van der Waals surface area contributed by atoms with Crippen LogP contribution in [0, 0.1) is 5.13 Å². The van der Waals surface area contributed by atoms with Crippen molar-refractivity contribution in [3.63, 3.8) is 0 Å². The Morgan fingerprint density at radius 2 is 2.31 bits per heavy atom. The molecule has 0 radical (unpaired) electrons. The number of nitrogens with one attached hydrogen (secondary N) is 1. The number of hydrogen-bond donors (Lipinski definition) is 3. The summed E-state index contributed by atoms with van der Waals surface area (Å²) in [7, 11) is 1.16. The van der Waals surface area contributed by atoms with Crippen molar-refractivity contribution in [3.8, 4) is 0 Å². The molecule has 2 atom stereocenters. The summed E-state index contributed by atoms with van der Waals surface area (Å²) in [6.07, 6.45) is 1.42. The third-order valence-electron chi connectivity index (χ3n) is 3.58. The molecule has 0 unspecified atom stereocenters. The second-order valence-electron chi connectivity index (χ2n) is 5.07. The number of hydrogen-bond acceptors (Lipinski definition) is 9. The normalized spacial score (nSPS) is 22.2. The third-order valence-corrected chi connectivity index (χ3v) is 5.43. The number of aromatic nitrogens is 1. The quantitative estimate of drug-likeness (QED) is 0.342. The first-order valence-electron chi connectivity index (χ1n) is 7.07. The number of amides is 2. The number of aliphatic carboxylic acids is 1. The predicted molar refractivity (Wildman–Crippen MR) is 90.8 cm³/mol. The van der Waals surface area contributed by atoms with Crippen LogP contribution >= 0.6 is 23.1 Å². The van der Waals surface area contributed by atoms with Crippen LogP contribution in [0.25, 0.3) is 0 Å². The number of β-lactam (4-membered cyclic amide) rings is 1. The van der Waals surface area contributed by atoms with Gasteiger partial charge in [-0.15, -0.1) is 11.8 Å². The SMILES string of the molecule is CON=C(C(=O)N[C@@H]1C(=O)N2C(C(=O)O)=CCS[C@@H]12)c1nc(N)sc1F. The first kappa shape index (κ1) is 18.1. The van der Waals surface area contributed by atoms with Crippen LogP contribution in [0.4, 0.5) is 9.52 Å². The molecule has 0 saturated carbocycles. The van der Waals surface area contributed by atoms with E-state index in [4.69, 9.17) is 10.8 Å². The highest BCUT2D eigenvalue weighted by molar-refractivity contribution is 8.00. The molecule has 13 heteroatoms. The highest BCUT2D eigenvalue weighted by Gasteiger charge is 2.53. The van der Waals surface area contributed by atoms with Crippen LogP contribution in [-0.4, -0.2) is 62.8 Å². The van der Waals surface area contributed by atoms with E-state index in [1.807, 2.05) is 0 Å². The number of carbonyl (C=O) groups excluding carboxylic acids is 2. The van der Waals surface area contributed by atoms with E-state index >= 15 is 0 Å². The lowest BCUT2D eigenvalue weighted by Crippen LogP contribution is -2.70. The zero-order chi connectivity index (χ0) is 19.0. The number of nitrogens with zero attached hydrogens (tertiary/aromatic N) is 3. The van der Waals surface area contributed by atoms with Crippen molar-refractivity contribution in [2.45, 2.75) is 11.4 Å². The van der Waals surface area contributed by atoms with Gasteiger partial charge in [0.25, 0.3) is 11.8 Å². The monoisotopic (exact) mass is 401 g/mol. The predicted octanol–water partition coefficient (Wildman–Crippen LogP) is -0.417. The molecule has 2 aliphatic heterocycles. The van der Waals surface area contributed by atoms with Gasteiger partial charge >= 0.3 is 5.97 Å². The summed E-state index contributed by atoms with van der Waals surface area (Å²) in [6, 6.07) is -0.975. The Bertz CT molecular complexity index is 854. The van der Waals surface area contributed by atoms with Gasteiger partial charge in [-0.3, -0.25) is 14.5 Å². The number of anilines is 1. The van der Waals surface area contributed by atoms with Gasteiger partial charge in [0.05, 0.1) is 0 Å². The zero-order valence-electron chi connectivity index (χ0n) is 13.1. The molecule has 0 aliphatic carbocycles. The van der Waals surface area contributed by atoms with Crippen LogP contribution in [0.3, 0.4) is 0 Å². The van der Waals surface area contributed by atoms with Gasteiger partial charge in [-0.05, 0) is 6.08 Å². The van der Waals surface area contributed by atoms with E-state index < -0.39 is 45.7 Å². The maximum absolute atomic E-state index is 13.9. The first-order chi connectivity index (χ1) is 12.3. The van der Waals surface area contributed by atoms with Crippen LogP contribution in [0.5, 0.6) is 0 Å². The Balaban J connectivity index is 1.79. The van der Waals surface area contributed by atoms with Gasteiger partial charge in [-0.25, -0.2) is 9.78 Å². The fourth-order valence-corrected chi connectivity index (χ4v) is 4.25. The number of fused-ring (bicyclic) bond motifs is 1. The zero-order valence-corrected chi connectivity index (χ0v) is 14.8. The molecule has 10 nitrogen and oxygen atoms in total. The Kier molecular flexibility index (Phi) is 4.82. The van der Waals surface area contributed by atoms with Gasteiger partial charge in [0.15, 0.2) is 10.8 Å². The Morgan fingerprint density at radius 1 is 1.58 bits per heavy atom. The van der Waals surface area contributed by atoms with Crippen molar-refractivity contribution in [1.82, 2.24) is 15.2 Å². The number of nitrogens with two attached hydrogens (primary N) is 1. The molecule has 2 amide bonds. The van der Waals surface area contributed by atoms with Gasteiger partial charge in [-0.1, -0.05) is 16.5 Å². The number of thioether (sulfide) groups is 1. The number of nitrogen functional groups attached to an aromatic ring is 1. The second-order valence-corrected chi connectivity index (χ2v) is 7.21. The van der Waals surface area contributed by atoms with Gasteiger partial charge in [0.1, 0.15) is 29.9 Å². The lowest BCUT2D eigenvalue weighted by molar-refractivity contribution is -0.150. The first-order valence-corrected chi connectivity index (χ1v) is 8.94. The molecule has 1 aromatic heterocycles. The van der Waals surface area contributed by atoms with Crippen molar-refractivity contribution < 1.29 is 28.7 Å². The Labute approximate surface area is 153 Å². The molecular formula is C13H12FN5O5S2. The number of oxime groups is 1. The summed E-state index contributed by atoms with van der Waals surface area (Å²) in [6.45, 7) is 0. The van der Waals surface area contributed by atoms with Gasteiger partial charge in [-0.2, -0.15) is 4.39 Å². The topological polar surface area (TPSA) is 147 Å². The number of halogens is 1. The van der Waals surface area contributed by atoms with Gasteiger partial charge < -0.3 is 21.0 Å². The number of rotatable bonds is 5. The number of carboxylic acid groups (broad SMARTS) is 1. The molecule has 3 heterocycles. The summed E-state index contributed by atoms with van der Waals surface area (Å²) < 4.78 is 13.9. The van der Waals surface area contributed by atoms with Crippen molar-refractivity contribution in [2.24, 2.45) is 5.16 Å². The second kappa shape index (κ2) is 6.92. The molecule has 3 rings (SSSR count). The summed E-state index contributed by atoms with van der Waals surface area (Å²) in [5, 5.41) is 13.5. The molecule has 1 saturated heterocycles. The molecule has 4 N–H and O–H groups in total. The van der Waals surface area contributed by atoms with E-state index in [-0.39, 0.29) is 10.8 Å². The molecular weight excluding hydrogens is 389 g/mol. The lowest BCUT2D eigenvalue weighted by atomic mass is 10.0. The van der Waals surface area contributed by atoms with Gasteiger partial charge in [0, 0.05) is 5.75 Å². The van der Waals surface area contributed by atoms with Crippen LogP contribution in [0.15, 0.2) is 16.9 Å². The maximum Gasteiger partial charge on any atom is 0.352 e. The van der Waals surface area contributed by atoms with Crippen LogP contribution in [-0.2, 0) is 19.2 Å². The third kappa shape index (κ3) is 2.99. The van der Waals surface area contributed by atoms with Crippen LogP contribution in [0.2, 0.25) is 0 Å². The molecule has 1 fully saturated rings. The number of thiazole rings is 1. The largest absolute Gasteiger partial charge is 0.477 e. The average Bonchev–Trinajstić information content (AvgIpc) is 2.94. The molecule has 1 aromatic rings. The minimum Gasteiger partial charge on any atom is -0.477 e. The van der Waals surface area contributed by atoms with E-state index in [1.54, 1.807) is 0 Å². The maximum atomic E-state index is 13.9. The summed E-state index contributed by atoms with van der Waals surface area (Å²) in [5.74, 6) is -2.32. The van der Waals surface area contributed by atoms with Crippen LogP contribution < -0.4 is 11.1 Å². The van der Waals surface area contributed by atoms with Crippen molar-refractivity contribution in [3.05, 3.63) is 22.6 Å². The van der Waals surface area contributed by atoms with E-state index in [1.165, 1.54) is 17.8 Å². The molecule has 0 bridgehead atoms. The van der Waals surface area contributed by atoms with Crippen molar-refractivity contribution in [1.29, 1.82) is 0 Å². The lowest BCUT2D eigenvalue weighted by Gasteiger charge is -2.48.